The molecule has 0 aliphatic rings. The van der Waals surface area contributed by atoms with Crippen LogP contribution in [0.1, 0.15) is 15.9 Å². The molecule has 6 heteroatoms. The molecule has 0 saturated carbocycles. The van der Waals surface area contributed by atoms with E-state index in [2.05, 4.69) is 0 Å². The highest BCUT2D eigenvalue weighted by Crippen LogP contribution is 2.20. The van der Waals surface area contributed by atoms with Crippen LogP contribution in [0.4, 0.5) is 0 Å². The number of carbonyl (C=O) groups excluding carboxylic acids is 2. The quantitative estimate of drug-likeness (QED) is 0.542. The number of ether oxygens (including phenoxy) is 1. The van der Waals surface area contributed by atoms with Crippen LogP contribution < -0.4 is 0 Å². The van der Waals surface area contributed by atoms with Gasteiger partial charge < -0.3 is 9.64 Å². The summed E-state index contributed by atoms with van der Waals surface area (Å²) in [6.07, 6.45) is 3.92. The monoisotopic (exact) mass is 375 g/mol. The van der Waals surface area contributed by atoms with Gasteiger partial charge in [0.05, 0.1) is 5.56 Å². The minimum absolute atomic E-state index is 0.232. The number of thioether (sulfide) groups is 2. The Bertz CT molecular complexity index is 732. The van der Waals surface area contributed by atoms with E-state index in [-0.39, 0.29) is 12.5 Å². The highest BCUT2D eigenvalue weighted by molar-refractivity contribution is 7.98. The van der Waals surface area contributed by atoms with E-state index >= 15 is 0 Å². The van der Waals surface area contributed by atoms with Crippen molar-refractivity contribution in [3.8, 4) is 0 Å². The van der Waals surface area contributed by atoms with Crippen molar-refractivity contribution in [2.45, 2.75) is 16.3 Å². The molecule has 0 bridgehead atoms. The number of rotatable bonds is 7. The van der Waals surface area contributed by atoms with Gasteiger partial charge in [-0.3, -0.25) is 4.79 Å². The molecule has 0 aliphatic heterocycles. The van der Waals surface area contributed by atoms with Gasteiger partial charge in [-0.25, -0.2) is 4.79 Å². The molecular formula is C19H21NO3S2. The predicted molar refractivity (Wildman–Crippen MR) is 103 cm³/mol. The van der Waals surface area contributed by atoms with Gasteiger partial charge in [-0.2, -0.15) is 0 Å². The first-order valence-corrected chi connectivity index (χ1v) is 10.2. The Labute approximate surface area is 156 Å². The molecule has 25 heavy (non-hydrogen) atoms. The Kier molecular flexibility index (Phi) is 7.40. The lowest BCUT2D eigenvalue weighted by Gasteiger charge is -2.17. The van der Waals surface area contributed by atoms with Crippen molar-refractivity contribution in [1.82, 2.24) is 4.90 Å². The second-order valence-electron chi connectivity index (χ2n) is 5.37. The van der Waals surface area contributed by atoms with Crippen LogP contribution in [0.5, 0.6) is 0 Å². The Morgan fingerprint density at radius 3 is 2.32 bits per heavy atom. The number of likely N-dealkylation sites (N-methyl/N-ethyl adjacent to an activating group) is 1. The first kappa shape index (κ1) is 19.4. The first-order valence-electron chi connectivity index (χ1n) is 7.72. The van der Waals surface area contributed by atoms with E-state index in [1.807, 2.05) is 48.9 Å². The molecule has 1 amide bonds. The molecule has 132 valence electrons. The average molecular weight is 376 g/mol. The van der Waals surface area contributed by atoms with Gasteiger partial charge in [-0.05, 0) is 42.3 Å². The minimum atomic E-state index is -0.476. The smallest absolute Gasteiger partial charge is 0.339 e. The zero-order chi connectivity index (χ0) is 18.2. The highest BCUT2D eigenvalue weighted by Gasteiger charge is 2.16. The fourth-order valence-corrected chi connectivity index (χ4v) is 3.22. The number of nitrogens with zero attached hydrogens (tertiary/aromatic N) is 1. The van der Waals surface area contributed by atoms with Gasteiger partial charge in [-0.15, -0.1) is 23.5 Å². The third kappa shape index (κ3) is 5.54. The Morgan fingerprint density at radius 2 is 1.68 bits per heavy atom. The van der Waals surface area contributed by atoms with E-state index in [4.69, 9.17) is 4.74 Å². The molecule has 0 fully saturated rings. The van der Waals surface area contributed by atoms with Crippen molar-refractivity contribution in [2.75, 3.05) is 26.2 Å². The van der Waals surface area contributed by atoms with Crippen LogP contribution in [-0.4, -0.2) is 42.9 Å². The van der Waals surface area contributed by atoms with Crippen LogP contribution >= 0.6 is 23.5 Å². The molecule has 0 radical (unpaired) electrons. The van der Waals surface area contributed by atoms with E-state index in [0.29, 0.717) is 12.1 Å². The Hall–Kier alpha value is -1.92. The summed E-state index contributed by atoms with van der Waals surface area (Å²) in [5.74, 6) is -0.708. The summed E-state index contributed by atoms with van der Waals surface area (Å²) < 4.78 is 5.18. The lowest BCUT2D eigenvalue weighted by molar-refractivity contribution is -0.133. The van der Waals surface area contributed by atoms with E-state index in [0.717, 1.165) is 10.5 Å². The topological polar surface area (TPSA) is 46.6 Å². The summed E-state index contributed by atoms with van der Waals surface area (Å²) in [6.45, 7) is 0.216. The third-order valence-corrected chi connectivity index (χ3v) is 5.20. The summed E-state index contributed by atoms with van der Waals surface area (Å²) in [7, 11) is 1.70. The fourth-order valence-electron chi connectivity index (χ4n) is 2.22. The lowest BCUT2D eigenvalue weighted by atomic mass is 10.2. The van der Waals surface area contributed by atoms with Gasteiger partial charge in [0.25, 0.3) is 5.91 Å². The molecule has 4 nitrogen and oxygen atoms in total. The molecule has 0 aromatic heterocycles. The maximum Gasteiger partial charge on any atom is 0.339 e. The average Bonchev–Trinajstić information content (AvgIpc) is 2.66. The molecular weight excluding hydrogens is 354 g/mol. The second-order valence-corrected chi connectivity index (χ2v) is 7.10. The molecule has 2 aromatic rings. The number of hydrogen-bond donors (Lipinski definition) is 0. The van der Waals surface area contributed by atoms with Crippen molar-refractivity contribution in [1.29, 1.82) is 0 Å². The van der Waals surface area contributed by atoms with Crippen molar-refractivity contribution in [3.05, 3.63) is 59.7 Å². The number of carbonyl (C=O) groups is 2. The fraction of sp³-hybridized carbons (Fsp3) is 0.263. The number of hydrogen-bond acceptors (Lipinski definition) is 5. The third-order valence-electron chi connectivity index (χ3n) is 3.66. The van der Waals surface area contributed by atoms with E-state index in [9.17, 15) is 9.59 Å². The van der Waals surface area contributed by atoms with Crippen molar-refractivity contribution >= 4 is 35.4 Å². The van der Waals surface area contributed by atoms with E-state index in [1.165, 1.54) is 16.7 Å². The van der Waals surface area contributed by atoms with Crippen molar-refractivity contribution in [2.24, 2.45) is 0 Å². The van der Waals surface area contributed by atoms with Gasteiger partial charge in [0.15, 0.2) is 6.61 Å². The minimum Gasteiger partial charge on any atom is -0.452 e. The van der Waals surface area contributed by atoms with Gasteiger partial charge in [-0.1, -0.05) is 24.3 Å². The molecule has 0 N–H and O–H groups in total. The zero-order valence-corrected chi connectivity index (χ0v) is 16.2. The normalized spacial score (nSPS) is 10.4. The summed E-state index contributed by atoms with van der Waals surface area (Å²) in [5, 5.41) is 0. The summed E-state index contributed by atoms with van der Waals surface area (Å²) >= 11 is 3.15. The van der Waals surface area contributed by atoms with Gasteiger partial charge in [0.2, 0.25) is 0 Å². The highest BCUT2D eigenvalue weighted by atomic mass is 32.2. The molecule has 0 atom stereocenters. The largest absolute Gasteiger partial charge is 0.452 e. The van der Waals surface area contributed by atoms with Crippen LogP contribution in [0, 0.1) is 0 Å². The van der Waals surface area contributed by atoms with E-state index in [1.54, 1.807) is 35.8 Å². The maximum atomic E-state index is 12.2. The van der Waals surface area contributed by atoms with Crippen LogP contribution in [0.2, 0.25) is 0 Å². The van der Waals surface area contributed by atoms with Crippen molar-refractivity contribution < 1.29 is 14.3 Å². The van der Waals surface area contributed by atoms with Crippen molar-refractivity contribution in [3.63, 3.8) is 0 Å². The maximum absolute atomic E-state index is 12.2. The van der Waals surface area contributed by atoms with Crippen LogP contribution in [0.25, 0.3) is 0 Å². The molecule has 0 unspecified atom stereocenters. The molecule has 0 saturated heterocycles. The molecule has 0 spiro atoms. The number of esters is 1. The van der Waals surface area contributed by atoms with E-state index < -0.39 is 5.97 Å². The lowest BCUT2D eigenvalue weighted by Crippen LogP contribution is -2.30. The first-order chi connectivity index (χ1) is 12.0. The number of amides is 1. The predicted octanol–water partition coefficient (Wildman–Crippen LogP) is 3.95. The van der Waals surface area contributed by atoms with Crippen LogP contribution in [-0.2, 0) is 16.1 Å². The summed E-state index contributed by atoms with van der Waals surface area (Å²) in [6, 6.07) is 15.2. The Morgan fingerprint density at radius 1 is 1.00 bits per heavy atom. The molecule has 2 aromatic carbocycles. The standard InChI is InChI=1S/C19H21NO3S2/c1-20(12-14-8-10-15(24-2)11-9-14)18(21)13-23-19(22)16-6-4-5-7-17(16)25-3/h4-11H,12-13H2,1-3H3. The SMILES string of the molecule is CSc1ccc(CN(C)C(=O)COC(=O)c2ccccc2SC)cc1. The van der Waals surface area contributed by atoms with Gasteiger partial charge >= 0.3 is 5.97 Å². The van der Waals surface area contributed by atoms with Gasteiger partial charge in [0.1, 0.15) is 0 Å². The van der Waals surface area contributed by atoms with Crippen LogP contribution in [0.3, 0.4) is 0 Å². The van der Waals surface area contributed by atoms with Gasteiger partial charge in [0, 0.05) is 23.4 Å². The second kappa shape index (κ2) is 9.53. The van der Waals surface area contributed by atoms with Crippen LogP contribution in [0.15, 0.2) is 58.3 Å². The zero-order valence-electron chi connectivity index (χ0n) is 14.5. The molecule has 2 rings (SSSR count). The summed E-state index contributed by atoms with van der Waals surface area (Å²) in [5.41, 5.74) is 1.52. The summed E-state index contributed by atoms with van der Waals surface area (Å²) in [4.78, 5) is 27.9. The molecule has 0 aliphatic carbocycles. The number of benzene rings is 2. The molecule has 0 heterocycles. The Balaban J connectivity index is 1.89.